The van der Waals surface area contributed by atoms with E-state index in [-0.39, 0.29) is 5.69 Å². The van der Waals surface area contributed by atoms with Gasteiger partial charge in [0.1, 0.15) is 6.54 Å². The first-order valence-electron chi connectivity index (χ1n) is 7.17. The Kier molecular flexibility index (Phi) is 4.11. The minimum atomic E-state index is -0.224. The van der Waals surface area contributed by atoms with E-state index in [2.05, 4.69) is 22.6 Å². The standard InChI is InChI=1S/C16H17N5O/c1-19(12-14-8-4-2-5-9-14)13-20-16(22)21(18-17-20)15-10-6-3-7-11-15/h2-11H,12-13H2,1H3/p+1. The lowest BCUT2D eigenvalue weighted by Gasteiger charge is -2.12. The SMILES string of the molecule is C[NH+](Cc1ccccc1)Cn1nnn(-c2ccccc2)c1=O. The Balaban J connectivity index is 1.74. The second kappa shape index (κ2) is 6.36. The predicted molar refractivity (Wildman–Crippen MR) is 82.7 cm³/mol. The molecule has 3 aromatic rings. The van der Waals surface area contributed by atoms with E-state index in [0.717, 1.165) is 17.1 Å². The molecule has 0 amide bonds. The summed E-state index contributed by atoms with van der Waals surface area (Å²) in [5, 5.41) is 7.92. The first kappa shape index (κ1) is 14.2. The van der Waals surface area contributed by atoms with Gasteiger partial charge in [0.25, 0.3) is 0 Å². The molecule has 1 unspecified atom stereocenters. The van der Waals surface area contributed by atoms with Crippen LogP contribution in [0.3, 0.4) is 0 Å². The van der Waals surface area contributed by atoms with Crippen molar-refractivity contribution in [2.24, 2.45) is 0 Å². The van der Waals surface area contributed by atoms with Gasteiger partial charge in [-0.2, -0.15) is 4.68 Å². The maximum atomic E-state index is 12.3. The predicted octanol–water partition coefficient (Wildman–Crippen LogP) is 0.101. The third kappa shape index (κ3) is 3.12. The lowest BCUT2D eigenvalue weighted by atomic mass is 10.2. The normalized spacial score (nSPS) is 12.2. The molecule has 0 aliphatic carbocycles. The van der Waals surface area contributed by atoms with Gasteiger partial charge in [0.05, 0.1) is 12.7 Å². The molecule has 3 rings (SSSR count). The van der Waals surface area contributed by atoms with Crippen LogP contribution >= 0.6 is 0 Å². The number of benzene rings is 2. The topological polar surface area (TPSA) is 57.2 Å². The molecule has 0 radical (unpaired) electrons. The summed E-state index contributed by atoms with van der Waals surface area (Å²) in [7, 11) is 2.03. The Hall–Kier alpha value is -2.73. The maximum absolute atomic E-state index is 12.3. The first-order valence-corrected chi connectivity index (χ1v) is 7.17. The molecular weight excluding hydrogens is 278 g/mol. The second-order valence-corrected chi connectivity index (χ2v) is 5.29. The average molecular weight is 296 g/mol. The molecule has 0 aliphatic heterocycles. The van der Waals surface area contributed by atoms with Gasteiger partial charge in [-0.3, -0.25) is 0 Å². The number of tetrazole rings is 1. The van der Waals surface area contributed by atoms with Crippen LogP contribution in [0.5, 0.6) is 0 Å². The molecule has 0 saturated carbocycles. The molecule has 6 nitrogen and oxygen atoms in total. The van der Waals surface area contributed by atoms with Crippen molar-refractivity contribution in [1.82, 2.24) is 19.8 Å². The van der Waals surface area contributed by atoms with Gasteiger partial charge in [0.15, 0.2) is 6.67 Å². The molecule has 2 aromatic carbocycles. The van der Waals surface area contributed by atoms with Crippen molar-refractivity contribution >= 4 is 0 Å². The van der Waals surface area contributed by atoms with Crippen LogP contribution in [0.25, 0.3) is 5.69 Å². The van der Waals surface area contributed by atoms with Crippen LogP contribution in [0.4, 0.5) is 0 Å². The summed E-state index contributed by atoms with van der Waals surface area (Å²) >= 11 is 0. The van der Waals surface area contributed by atoms with Crippen LogP contribution in [0.1, 0.15) is 5.56 Å². The quantitative estimate of drug-likeness (QED) is 0.726. The number of nitrogens with one attached hydrogen (secondary N) is 1. The molecule has 0 saturated heterocycles. The van der Waals surface area contributed by atoms with Crippen molar-refractivity contribution in [1.29, 1.82) is 0 Å². The second-order valence-electron chi connectivity index (χ2n) is 5.29. The van der Waals surface area contributed by atoms with Crippen LogP contribution in [0.15, 0.2) is 65.5 Å². The summed E-state index contributed by atoms with van der Waals surface area (Å²) in [5.41, 5.74) is 1.72. The molecule has 0 aliphatic rings. The highest BCUT2D eigenvalue weighted by Crippen LogP contribution is 2.00. The summed E-state index contributed by atoms with van der Waals surface area (Å²) in [4.78, 5) is 13.5. The Bertz CT molecular complexity index is 779. The van der Waals surface area contributed by atoms with Gasteiger partial charge < -0.3 is 4.90 Å². The molecular formula is C16H18N5O+. The number of hydrogen-bond donors (Lipinski definition) is 1. The van der Waals surface area contributed by atoms with Gasteiger partial charge in [-0.05, 0) is 22.6 Å². The molecule has 0 bridgehead atoms. The average Bonchev–Trinajstić information content (AvgIpc) is 2.90. The van der Waals surface area contributed by atoms with Gasteiger partial charge in [-0.15, -0.1) is 4.68 Å². The largest absolute Gasteiger partial charge is 0.373 e. The smallest absolute Gasteiger partial charge is 0.315 e. The zero-order valence-corrected chi connectivity index (χ0v) is 12.4. The first-order chi connectivity index (χ1) is 10.7. The molecule has 22 heavy (non-hydrogen) atoms. The monoisotopic (exact) mass is 296 g/mol. The van der Waals surface area contributed by atoms with Crippen molar-refractivity contribution < 1.29 is 4.90 Å². The van der Waals surface area contributed by atoms with Crippen molar-refractivity contribution in [2.45, 2.75) is 13.2 Å². The van der Waals surface area contributed by atoms with Crippen LogP contribution in [0.2, 0.25) is 0 Å². The number of quaternary nitrogens is 1. The number of nitrogens with zero attached hydrogens (tertiary/aromatic N) is 4. The van der Waals surface area contributed by atoms with Crippen molar-refractivity contribution in [3.63, 3.8) is 0 Å². The van der Waals surface area contributed by atoms with Crippen LogP contribution < -0.4 is 10.6 Å². The summed E-state index contributed by atoms with van der Waals surface area (Å²) in [6.07, 6.45) is 0. The van der Waals surface area contributed by atoms with Crippen LogP contribution in [-0.2, 0) is 13.2 Å². The molecule has 1 heterocycles. The molecule has 0 fully saturated rings. The minimum absolute atomic E-state index is 0.224. The maximum Gasteiger partial charge on any atom is 0.373 e. The summed E-state index contributed by atoms with van der Waals surface area (Å²) in [6, 6.07) is 19.5. The van der Waals surface area contributed by atoms with E-state index in [9.17, 15) is 4.79 Å². The van der Waals surface area contributed by atoms with Gasteiger partial charge in [0, 0.05) is 5.56 Å². The minimum Gasteiger partial charge on any atom is -0.315 e. The summed E-state index contributed by atoms with van der Waals surface area (Å²) in [6.45, 7) is 1.30. The highest BCUT2D eigenvalue weighted by Gasteiger charge is 2.12. The van der Waals surface area contributed by atoms with E-state index in [1.807, 2.05) is 55.6 Å². The summed E-state index contributed by atoms with van der Waals surface area (Å²) < 4.78 is 2.71. The third-order valence-electron chi connectivity index (χ3n) is 3.41. The summed E-state index contributed by atoms with van der Waals surface area (Å²) in [5.74, 6) is 0. The number of aromatic nitrogens is 4. The zero-order chi connectivity index (χ0) is 15.4. The van der Waals surface area contributed by atoms with Crippen LogP contribution in [-0.4, -0.2) is 26.8 Å². The van der Waals surface area contributed by atoms with E-state index < -0.39 is 0 Å². The lowest BCUT2D eigenvalue weighted by Crippen LogP contribution is -3.07. The molecule has 1 N–H and O–H groups in total. The fourth-order valence-electron chi connectivity index (χ4n) is 2.36. The van der Waals surface area contributed by atoms with Crippen LogP contribution in [0, 0.1) is 0 Å². The van der Waals surface area contributed by atoms with E-state index in [1.165, 1.54) is 14.9 Å². The van der Waals surface area contributed by atoms with E-state index >= 15 is 0 Å². The number of para-hydroxylation sites is 1. The van der Waals surface area contributed by atoms with Crippen molar-refractivity contribution in [2.75, 3.05) is 7.05 Å². The molecule has 6 heteroatoms. The van der Waals surface area contributed by atoms with E-state index in [0.29, 0.717) is 6.67 Å². The van der Waals surface area contributed by atoms with Gasteiger partial charge in [-0.25, -0.2) is 4.79 Å². The van der Waals surface area contributed by atoms with E-state index in [1.54, 1.807) is 0 Å². The molecule has 1 atom stereocenters. The number of hydrogen-bond acceptors (Lipinski definition) is 3. The Morgan fingerprint density at radius 1 is 0.955 bits per heavy atom. The fourth-order valence-corrected chi connectivity index (χ4v) is 2.36. The van der Waals surface area contributed by atoms with Gasteiger partial charge in [-0.1, -0.05) is 48.5 Å². The Labute approximate surface area is 128 Å². The molecule has 0 spiro atoms. The van der Waals surface area contributed by atoms with Gasteiger partial charge in [0.2, 0.25) is 0 Å². The zero-order valence-electron chi connectivity index (χ0n) is 12.4. The van der Waals surface area contributed by atoms with Crippen molar-refractivity contribution in [3.8, 4) is 5.69 Å². The highest BCUT2D eigenvalue weighted by atomic mass is 16.2. The third-order valence-corrected chi connectivity index (χ3v) is 3.41. The lowest BCUT2D eigenvalue weighted by molar-refractivity contribution is -0.917. The number of rotatable bonds is 5. The fraction of sp³-hybridized carbons (Fsp3) is 0.188. The highest BCUT2D eigenvalue weighted by molar-refractivity contribution is 5.28. The van der Waals surface area contributed by atoms with Gasteiger partial charge >= 0.3 is 5.69 Å². The van der Waals surface area contributed by atoms with Crippen molar-refractivity contribution in [3.05, 3.63) is 76.7 Å². The van der Waals surface area contributed by atoms with E-state index in [4.69, 9.17) is 0 Å². The Morgan fingerprint density at radius 2 is 1.59 bits per heavy atom. The Morgan fingerprint density at radius 3 is 2.27 bits per heavy atom. The molecule has 1 aromatic heterocycles. The molecule has 112 valence electrons.